The average Bonchev–Trinajstić information content (AvgIpc) is 3.34. The zero-order valence-electron chi connectivity index (χ0n) is 15.2. The lowest BCUT2D eigenvalue weighted by molar-refractivity contribution is 0.120. The molecule has 0 amide bonds. The monoisotopic (exact) mass is 381 g/mol. The zero-order chi connectivity index (χ0) is 18.5. The second-order valence-electron chi connectivity index (χ2n) is 6.85. The Kier molecular flexibility index (Phi) is 3.80. The Hall–Kier alpha value is -2.64. The van der Waals surface area contributed by atoms with Gasteiger partial charge in [0.15, 0.2) is 10.8 Å². The van der Waals surface area contributed by atoms with E-state index in [1.54, 1.807) is 10.5 Å². The average molecular weight is 381 g/mol. The second-order valence-corrected chi connectivity index (χ2v) is 7.86. The van der Waals surface area contributed by atoms with E-state index in [-0.39, 0.29) is 5.56 Å². The van der Waals surface area contributed by atoms with Gasteiger partial charge in [-0.05, 0) is 43.2 Å². The molecule has 0 bridgehead atoms. The van der Waals surface area contributed by atoms with Gasteiger partial charge in [0.2, 0.25) is 0 Å². The first-order chi connectivity index (χ1) is 13.1. The van der Waals surface area contributed by atoms with Crippen molar-refractivity contribution in [2.45, 2.75) is 13.8 Å². The highest BCUT2D eigenvalue weighted by Crippen LogP contribution is 2.22. The molecule has 7 heteroatoms. The lowest BCUT2D eigenvalue weighted by Gasteiger charge is -2.26. The third-order valence-corrected chi connectivity index (χ3v) is 6.03. The molecule has 0 radical (unpaired) electrons. The van der Waals surface area contributed by atoms with Crippen LogP contribution in [-0.4, -0.2) is 35.7 Å². The molecule has 0 aliphatic carbocycles. The van der Waals surface area contributed by atoms with E-state index in [2.05, 4.69) is 16.8 Å². The number of hydrogen-bond donors (Lipinski definition) is 0. The number of hydrogen-bond acceptors (Lipinski definition) is 6. The molecule has 0 atom stereocenters. The molecule has 0 N–H and O–H groups in total. The lowest BCUT2D eigenvalue weighted by Crippen LogP contribution is -2.35. The Balaban J connectivity index is 1.59. The summed E-state index contributed by atoms with van der Waals surface area (Å²) < 4.78 is 13.6. The maximum absolute atomic E-state index is 12.9. The van der Waals surface area contributed by atoms with E-state index < -0.39 is 0 Å². The van der Waals surface area contributed by atoms with Crippen molar-refractivity contribution in [2.75, 3.05) is 31.2 Å². The fourth-order valence-corrected chi connectivity index (χ4v) is 4.39. The van der Waals surface area contributed by atoms with Crippen LogP contribution in [0.1, 0.15) is 16.9 Å². The Labute approximate surface area is 159 Å². The summed E-state index contributed by atoms with van der Waals surface area (Å²) in [6, 6.07) is 7.92. The molecular formula is C20H19N3O3S. The van der Waals surface area contributed by atoms with Gasteiger partial charge in [0.05, 0.1) is 24.2 Å². The number of furan rings is 1. The highest BCUT2D eigenvalue weighted by atomic mass is 32.1. The Bertz CT molecular complexity index is 1260. The van der Waals surface area contributed by atoms with Crippen molar-refractivity contribution < 1.29 is 9.15 Å². The van der Waals surface area contributed by atoms with Crippen LogP contribution < -0.4 is 15.0 Å². The summed E-state index contributed by atoms with van der Waals surface area (Å²) in [4.78, 5) is 20.4. The number of thiazole rings is 1. The van der Waals surface area contributed by atoms with Crippen LogP contribution in [0, 0.1) is 13.8 Å². The predicted molar refractivity (Wildman–Crippen MR) is 107 cm³/mol. The number of nitrogens with zero attached hydrogens (tertiary/aromatic N) is 3. The number of ether oxygens (including phenoxy) is 1. The van der Waals surface area contributed by atoms with Crippen molar-refractivity contribution in [3.63, 3.8) is 0 Å². The molecule has 27 heavy (non-hydrogen) atoms. The van der Waals surface area contributed by atoms with Crippen molar-refractivity contribution in [2.24, 2.45) is 0 Å². The van der Waals surface area contributed by atoms with Gasteiger partial charge in [-0.15, -0.1) is 0 Å². The summed E-state index contributed by atoms with van der Waals surface area (Å²) in [6.07, 6.45) is 1.80. The first-order valence-electron chi connectivity index (χ1n) is 8.96. The van der Waals surface area contributed by atoms with Gasteiger partial charge in [-0.2, -0.15) is 0 Å². The molecule has 0 unspecified atom stereocenters. The van der Waals surface area contributed by atoms with Gasteiger partial charge < -0.3 is 14.1 Å². The molecule has 4 heterocycles. The topological polar surface area (TPSA) is 60.0 Å². The number of benzene rings is 1. The summed E-state index contributed by atoms with van der Waals surface area (Å²) in [5, 5.41) is 0. The van der Waals surface area contributed by atoms with E-state index >= 15 is 0 Å². The molecule has 138 valence electrons. The van der Waals surface area contributed by atoms with Crippen molar-refractivity contribution >= 4 is 39.3 Å². The van der Waals surface area contributed by atoms with Crippen molar-refractivity contribution in [1.82, 2.24) is 9.38 Å². The fraction of sp³-hybridized carbons (Fsp3) is 0.300. The molecule has 1 saturated heterocycles. The zero-order valence-corrected chi connectivity index (χ0v) is 16.0. The minimum atomic E-state index is -0.0509. The van der Waals surface area contributed by atoms with Gasteiger partial charge in [0.1, 0.15) is 10.3 Å². The summed E-state index contributed by atoms with van der Waals surface area (Å²) in [5.41, 5.74) is 4.01. The first kappa shape index (κ1) is 16.5. The van der Waals surface area contributed by atoms with Crippen LogP contribution in [0.15, 0.2) is 33.5 Å². The molecule has 6 nitrogen and oxygen atoms in total. The summed E-state index contributed by atoms with van der Waals surface area (Å²) >= 11 is 1.39. The van der Waals surface area contributed by atoms with E-state index in [9.17, 15) is 4.79 Å². The minimum Gasteiger partial charge on any atom is -0.441 e. The van der Waals surface area contributed by atoms with Gasteiger partial charge >= 0.3 is 0 Å². The number of aromatic nitrogens is 2. The van der Waals surface area contributed by atoms with Gasteiger partial charge in [-0.3, -0.25) is 4.79 Å². The summed E-state index contributed by atoms with van der Waals surface area (Å²) in [6.45, 7) is 7.16. The highest BCUT2D eigenvalue weighted by Gasteiger charge is 2.15. The van der Waals surface area contributed by atoms with E-state index in [1.807, 2.05) is 31.2 Å². The van der Waals surface area contributed by atoms with Crippen LogP contribution in [0.25, 0.3) is 22.1 Å². The number of anilines is 1. The second kappa shape index (κ2) is 6.21. The number of fused-ring (bicyclic) bond motifs is 3. The van der Waals surface area contributed by atoms with Gasteiger partial charge in [-0.1, -0.05) is 11.3 Å². The van der Waals surface area contributed by atoms with Crippen LogP contribution in [0.4, 0.5) is 5.88 Å². The van der Waals surface area contributed by atoms with E-state index in [1.165, 1.54) is 16.9 Å². The smallest absolute Gasteiger partial charge is 0.275 e. The fourth-order valence-electron chi connectivity index (χ4n) is 3.42. The number of aryl methyl sites for hydroxylation is 2. The van der Waals surface area contributed by atoms with Crippen LogP contribution in [0.5, 0.6) is 0 Å². The SMILES string of the molecule is Cc1cc2nc3s/c(=C\c4ccc(N5CCOCC5)o4)c(=O)n3c2cc1C. The van der Waals surface area contributed by atoms with Crippen molar-refractivity contribution in [3.8, 4) is 0 Å². The molecule has 5 rings (SSSR count). The lowest BCUT2D eigenvalue weighted by atomic mass is 10.1. The van der Waals surface area contributed by atoms with E-state index in [4.69, 9.17) is 9.15 Å². The Morgan fingerprint density at radius 2 is 1.93 bits per heavy atom. The third-order valence-electron chi connectivity index (χ3n) is 5.06. The molecular weight excluding hydrogens is 362 g/mol. The molecule has 1 fully saturated rings. The summed E-state index contributed by atoms with van der Waals surface area (Å²) in [7, 11) is 0. The molecule has 1 aliphatic heterocycles. The minimum absolute atomic E-state index is 0.0509. The largest absolute Gasteiger partial charge is 0.441 e. The molecule has 1 aromatic carbocycles. The van der Waals surface area contributed by atoms with Crippen molar-refractivity contribution in [3.05, 3.63) is 56.0 Å². The molecule has 0 saturated carbocycles. The maximum Gasteiger partial charge on any atom is 0.275 e. The maximum atomic E-state index is 12.9. The van der Waals surface area contributed by atoms with Crippen LogP contribution in [0.2, 0.25) is 0 Å². The third kappa shape index (κ3) is 2.74. The quantitative estimate of drug-likeness (QED) is 0.534. The first-order valence-corrected chi connectivity index (χ1v) is 9.78. The number of rotatable bonds is 2. The highest BCUT2D eigenvalue weighted by molar-refractivity contribution is 7.15. The van der Waals surface area contributed by atoms with Gasteiger partial charge in [0.25, 0.3) is 5.56 Å². The van der Waals surface area contributed by atoms with Crippen LogP contribution in [0.3, 0.4) is 0 Å². The standard InChI is InChI=1S/C20H19N3O3S/c1-12-9-15-16(10-13(12)2)23-19(24)17(27-20(23)21-15)11-14-3-4-18(26-14)22-5-7-25-8-6-22/h3-4,9-11H,5-8H2,1-2H3/b17-11-. The van der Waals surface area contributed by atoms with Crippen LogP contribution >= 0.6 is 11.3 Å². The van der Waals surface area contributed by atoms with Gasteiger partial charge in [-0.25, -0.2) is 9.38 Å². The predicted octanol–water partition coefficient (Wildman–Crippen LogP) is 2.50. The molecule has 1 aliphatic rings. The van der Waals surface area contributed by atoms with Gasteiger partial charge in [0, 0.05) is 25.2 Å². The number of morpholine rings is 1. The molecule has 4 aromatic rings. The normalized spacial score (nSPS) is 16.1. The summed E-state index contributed by atoms with van der Waals surface area (Å²) in [5.74, 6) is 1.49. The molecule has 3 aromatic heterocycles. The Morgan fingerprint density at radius 3 is 2.74 bits per heavy atom. The molecule has 0 spiro atoms. The van der Waals surface area contributed by atoms with E-state index in [0.717, 1.165) is 35.6 Å². The van der Waals surface area contributed by atoms with Crippen molar-refractivity contribution in [1.29, 1.82) is 0 Å². The Morgan fingerprint density at radius 1 is 1.15 bits per heavy atom. The number of imidazole rings is 1. The van der Waals surface area contributed by atoms with E-state index in [0.29, 0.717) is 28.5 Å². The van der Waals surface area contributed by atoms with Crippen LogP contribution in [-0.2, 0) is 4.74 Å².